The van der Waals surface area contributed by atoms with Gasteiger partial charge in [-0.1, -0.05) is 36.4 Å². The Morgan fingerprint density at radius 1 is 1.14 bits per heavy atom. The second kappa shape index (κ2) is 8.64. The van der Waals surface area contributed by atoms with Crippen LogP contribution in [0.4, 0.5) is 5.82 Å². The van der Waals surface area contributed by atoms with Crippen molar-refractivity contribution in [1.29, 1.82) is 0 Å². The summed E-state index contributed by atoms with van der Waals surface area (Å²) in [6.07, 6.45) is 1.89. The van der Waals surface area contributed by atoms with Crippen LogP contribution in [0.15, 0.2) is 60.8 Å². The van der Waals surface area contributed by atoms with Crippen molar-refractivity contribution >= 4 is 5.82 Å². The molecule has 1 atom stereocenters. The van der Waals surface area contributed by atoms with Gasteiger partial charge in [-0.3, -0.25) is 4.90 Å². The fourth-order valence-electron chi connectivity index (χ4n) is 3.83. The van der Waals surface area contributed by atoms with Crippen LogP contribution in [-0.2, 0) is 11.3 Å². The Bertz CT molecular complexity index is 975. The number of aromatic nitrogens is 1. The van der Waals surface area contributed by atoms with E-state index in [1.54, 1.807) is 13.3 Å². The van der Waals surface area contributed by atoms with Gasteiger partial charge in [-0.15, -0.1) is 0 Å². The smallest absolute Gasteiger partial charge is 0.131 e. The molecule has 4 rings (SSSR count). The molecule has 1 aromatic heterocycles. The number of rotatable bonds is 5. The molecule has 0 aliphatic carbocycles. The molecule has 3 aromatic rings. The van der Waals surface area contributed by atoms with Crippen LogP contribution in [0.1, 0.15) is 22.8 Å². The third-order valence-electron chi connectivity index (χ3n) is 5.34. The lowest BCUT2D eigenvalue weighted by Gasteiger charge is -2.33. The average molecular weight is 389 g/mol. The molecule has 0 radical (unpaired) electrons. The van der Waals surface area contributed by atoms with Gasteiger partial charge in [-0.2, -0.15) is 0 Å². The monoisotopic (exact) mass is 389 g/mol. The lowest BCUT2D eigenvalue weighted by molar-refractivity contribution is -0.0329. The third-order valence-corrected chi connectivity index (χ3v) is 5.34. The van der Waals surface area contributed by atoms with E-state index in [0.717, 1.165) is 48.7 Å². The Balaban J connectivity index is 1.57. The van der Waals surface area contributed by atoms with Crippen molar-refractivity contribution in [3.8, 4) is 16.9 Å². The molecular weight excluding hydrogens is 362 g/mol. The Labute approximate surface area is 172 Å². The molecular formula is C24H27N3O2. The molecule has 5 nitrogen and oxygen atoms in total. The molecule has 0 bridgehead atoms. The van der Waals surface area contributed by atoms with Gasteiger partial charge >= 0.3 is 0 Å². The van der Waals surface area contributed by atoms with Crippen molar-refractivity contribution in [2.24, 2.45) is 0 Å². The summed E-state index contributed by atoms with van der Waals surface area (Å²) in [5.74, 6) is 1.32. The standard InChI is InChI=1S/C24H27N3O2/c1-17-12-21(24(25)26-14-17)20-13-18(8-9-22(20)28-2)15-27-10-11-29-23(16-27)19-6-4-3-5-7-19/h3-9,12-14,23H,10-11,15-16H2,1-2H3,(H2,25,26). The molecule has 0 saturated carbocycles. The van der Waals surface area contributed by atoms with Gasteiger partial charge in [0.25, 0.3) is 0 Å². The Hall–Kier alpha value is -2.89. The SMILES string of the molecule is COc1ccc(CN2CCOC(c3ccccc3)C2)cc1-c1cc(C)cnc1N. The van der Waals surface area contributed by atoms with Crippen molar-refractivity contribution in [2.75, 3.05) is 32.5 Å². The first-order valence-electron chi connectivity index (χ1n) is 9.92. The van der Waals surface area contributed by atoms with Gasteiger partial charge in [0.2, 0.25) is 0 Å². The van der Waals surface area contributed by atoms with Gasteiger partial charge in [0, 0.05) is 37.0 Å². The van der Waals surface area contributed by atoms with Crippen LogP contribution in [0.3, 0.4) is 0 Å². The number of nitrogens with two attached hydrogens (primary N) is 1. The lowest BCUT2D eigenvalue weighted by atomic mass is 10.0. The molecule has 5 heteroatoms. The summed E-state index contributed by atoms with van der Waals surface area (Å²) in [5.41, 5.74) is 11.6. The van der Waals surface area contributed by atoms with Crippen LogP contribution in [-0.4, -0.2) is 36.7 Å². The second-order valence-electron chi connectivity index (χ2n) is 7.49. The minimum absolute atomic E-state index is 0.110. The van der Waals surface area contributed by atoms with E-state index in [1.165, 1.54) is 11.1 Å². The maximum atomic E-state index is 6.17. The summed E-state index contributed by atoms with van der Waals surface area (Å²) in [5, 5.41) is 0. The van der Waals surface area contributed by atoms with Gasteiger partial charge in [0.05, 0.1) is 19.8 Å². The quantitative estimate of drug-likeness (QED) is 0.708. The highest BCUT2D eigenvalue weighted by Crippen LogP contribution is 2.35. The van der Waals surface area contributed by atoms with Gasteiger partial charge < -0.3 is 15.2 Å². The highest BCUT2D eigenvalue weighted by Gasteiger charge is 2.22. The Kier molecular flexibility index (Phi) is 5.79. The van der Waals surface area contributed by atoms with E-state index in [0.29, 0.717) is 5.82 Å². The number of nitrogens with zero attached hydrogens (tertiary/aromatic N) is 2. The zero-order valence-electron chi connectivity index (χ0n) is 17.0. The van der Waals surface area contributed by atoms with Crippen LogP contribution in [0, 0.1) is 6.92 Å². The van der Waals surface area contributed by atoms with E-state index in [9.17, 15) is 0 Å². The van der Waals surface area contributed by atoms with E-state index in [4.69, 9.17) is 15.2 Å². The van der Waals surface area contributed by atoms with E-state index < -0.39 is 0 Å². The van der Waals surface area contributed by atoms with E-state index in [1.807, 2.05) is 19.1 Å². The first-order valence-corrected chi connectivity index (χ1v) is 9.92. The summed E-state index contributed by atoms with van der Waals surface area (Å²) in [6.45, 7) is 5.39. The Morgan fingerprint density at radius 2 is 1.97 bits per heavy atom. The minimum Gasteiger partial charge on any atom is -0.496 e. The van der Waals surface area contributed by atoms with E-state index in [-0.39, 0.29) is 6.10 Å². The fraction of sp³-hybridized carbons (Fsp3) is 0.292. The fourth-order valence-corrected chi connectivity index (χ4v) is 3.83. The number of nitrogen functional groups attached to an aromatic ring is 1. The first kappa shape index (κ1) is 19.4. The van der Waals surface area contributed by atoms with Gasteiger partial charge in [0.1, 0.15) is 11.6 Å². The summed E-state index contributed by atoms with van der Waals surface area (Å²) in [7, 11) is 1.68. The zero-order chi connectivity index (χ0) is 20.2. The number of hydrogen-bond donors (Lipinski definition) is 1. The highest BCUT2D eigenvalue weighted by atomic mass is 16.5. The largest absolute Gasteiger partial charge is 0.496 e. The highest BCUT2D eigenvalue weighted by molar-refractivity contribution is 5.79. The van der Waals surface area contributed by atoms with Crippen molar-refractivity contribution in [2.45, 2.75) is 19.6 Å². The zero-order valence-corrected chi connectivity index (χ0v) is 17.0. The maximum absolute atomic E-state index is 6.17. The number of methoxy groups -OCH3 is 1. The molecule has 2 N–H and O–H groups in total. The summed E-state index contributed by atoms with van der Waals surface area (Å²) >= 11 is 0. The lowest BCUT2D eigenvalue weighted by Crippen LogP contribution is -2.37. The van der Waals surface area contributed by atoms with Crippen molar-refractivity contribution in [1.82, 2.24) is 9.88 Å². The molecule has 1 saturated heterocycles. The van der Waals surface area contributed by atoms with Crippen molar-refractivity contribution < 1.29 is 9.47 Å². The minimum atomic E-state index is 0.110. The van der Waals surface area contributed by atoms with Crippen LogP contribution in [0.2, 0.25) is 0 Å². The van der Waals surface area contributed by atoms with Crippen LogP contribution in [0.5, 0.6) is 5.75 Å². The maximum Gasteiger partial charge on any atom is 0.131 e. The molecule has 1 aliphatic heterocycles. The normalized spacial score (nSPS) is 17.2. The van der Waals surface area contributed by atoms with Gasteiger partial charge in [-0.25, -0.2) is 4.98 Å². The second-order valence-corrected chi connectivity index (χ2v) is 7.49. The van der Waals surface area contributed by atoms with Crippen molar-refractivity contribution in [3.05, 3.63) is 77.5 Å². The summed E-state index contributed by atoms with van der Waals surface area (Å²) < 4.78 is 11.6. The number of pyridine rings is 1. The predicted molar refractivity (Wildman–Crippen MR) is 116 cm³/mol. The average Bonchev–Trinajstić information content (AvgIpc) is 2.76. The van der Waals surface area contributed by atoms with E-state index >= 15 is 0 Å². The van der Waals surface area contributed by atoms with Crippen molar-refractivity contribution in [3.63, 3.8) is 0 Å². The molecule has 150 valence electrons. The van der Waals surface area contributed by atoms with Crippen LogP contribution < -0.4 is 10.5 Å². The first-order chi connectivity index (χ1) is 14.1. The molecule has 1 aliphatic rings. The molecule has 1 unspecified atom stereocenters. The number of benzene rings is 2. The molecule has 2 aromatic carbocycles. The van der Waals surface area contributed by atoms with Crippen LogP contribution >= 0.6 is 0 Å². The number of aryl methyl sites for hydroxylation is 1. The summed E-state index contributed by atoms with van der Waals surface area (Å²) in [4.78, 5) is 6.75. The molecule has 0 spiro atoms. The topological polar surface area (TPSA) is 60.6 Å². The predicted octanol–water partition coefficient (Wildman–Crippen LogP) is 4.22. The number of anilines is 1. The number of morpholine rings is 1. The van der Waals surface area contributed by atoms with Gasteiger partial charge in [-0.05, 0) is 41.8 Å². The van der Waals surface area contributed by atoms with Gasteiger partial charge in [0.15, 0.2) is 0 Å². The number of hydrogen-bond acceptors (Lipinski definition) is 5. The summed E-state index contributed by atoms with van der Waals surface area (Å²) in [6, 6.07) is 18.8. The van der Waals surface area contributed by atoms with Crippen LogP contribution in [0.25, 0.3) is 11.1 Å². The number of ether oxygens (including phenoxy) is 2. The molecule has 2 heterocycles. The molecule has 1 fully saturated rings. The Morgan fingerprint density at radius 3 is 2.76 bits per heavy atom. The van der Waals surface area contributed by atoms with E-state index in [2.05, 4.69) is 52.3 Å². The third kappa shape index (κ3) is 4.42. The molecule has 29 heavy (non-hydrogen) atoms. The molecule has 0 amide bonds.